The number of nitrogens with two attached hydrogens (primary N) is 1. The van der Waals surface area contributed by atoms with Gasteiger partial charge in [0.25, 0.3) is 0 Å². The molecule has 2 aromatic heterocycles. The Hall–Kier alpha value is -1.98. The zero-order chi connectivity index (χ0) is 15.0. The fraction of sp³-hybridized carbons (Fsp3) is 0.133. The molecule has 0 aliphatic rings. The van der Waals surface area contributed by atoms with Gasteiger partial charge in [-0.2, -0.15) is 11.3 Å². The normalized spacial score (nSPS) is 10.8. The standard InChI is InChI=1S/C15H13ClN2O2S/c1-8-6-21-7-11(8)14-13(15(17)20-18-14)10-5-9(16)3-4-12(10)19-2/h3-7H,17H2,1-2H3. The number of aromatic nitrogens is 1. The predicted molar refractivity (Wildman–Crippen MR) is 86.0 cm³/mol. The maximum absolute atomic E-state index is 6.11. The summed E-state index contributed by atoms with van der Waals surface area (Å²) in [5.74, 6) is 0.916. The van der Waals surface area contributed by atoms with Crippen LogP contribution < -0.4 is 10.5 Å². The fourth-order valence-corrected chi connectivity index (χ4v) is 3.23. The van der Waals surface area contributed by atoms with E-state index < -0.39 is 0 Å². The summed E-state index contributed by atoms with van der Waals surface area (Å²) in [4.78, 5) is 0. The van der Waals surface area contributed by atoms with E-state index in [9.17, 15) is 0 Å². The molecule has 0 saturated heterocycles. The van der Waals surface area contributed by atoms with Gasteiger partial charge in [-0.1, -0.05) is 16.8 Å². The van der Waals surface area contributed by atoms with E-state index >= 15 is 0 Å². The lowest BCUT2D eigenvalue weighted by molar-refractivity contribution is 0.416. The van der Waals surface area contributed by atoms with Crippen molar-refractivity contribution in [3.05, 3.63) is 39.5 Å². The van der Waals surface area contributed by atoms with Crippen molar-refractivity contribution in [2.24, 2.45) is 0 Å². The first-order chi connectivity index (χ1) is 10.1. The number of nitrogens with zero attached hydrogens (tertiary/aromatic N) is 1. The van der Waals surface area contributed by atoms with E-state index in [-0.39, 0.29) is 5.88 Å². The molecule has 0 aliphatic carbocycles. The highest BCUT2D eigenvalue weighted by atomic mass is 35.5. The highest BCUT2D eigenvalue weighted by Crippen LogP contribution is 2.43. The van der Waals surface area contributed by atoms with Gasteiger partial charge in [0, 0.05) is 21.5 Å². The van der Waals surface area contributed by atoms with Crippen molar-refractivity contribution in [3.8, 4) is 28.1 Å². The van der Waals surface area contributed by atoms with E-state index in [0.717, 1.165) is 16.7 Å². The Bertz CT molecular complexity index is 795. The maximum atomic E-state index is 6.11. The van der Waals surface area contributed by atoms with Crippen molar-refractivity contribution >= 4 is 28.8 Å². The summed E-state index contributed by atoms with van der Waals surface area (Å²) >= 11 is 7.71. The molecule has 21 heavy (non-hydrogen) atoms. The second-order valence-corrected chi connectivity index (χ2v) is 5.76. The van der Waals surface area contributed by atoms with E-state index in [1.54, 1.807) is 36.6 Å². The molecule has 0 amide bonds. The maximum Gasteiger partial charge on any atom is 0.230 e. The van der Waals surface area contributed by atoms with Gasteiger partial charge in [-0.15, -0.1) is 0 Å². The summed E-state index contributed by atoms with van der Waals surface area (Å²) in [6.07, 6.45) is 0. The third-order valence-electron chi connectivity index (χ3n) is 3.26. The van der Waals surface area contributed by atoms with Crippen LogP contribution in [0, 0.1) is 6.92 Å². The van der Waals surface area contributed by atoms with Crippen LogP contribution in [0.2, 0.25) is 5.02 Å². The lowest BCUT2D eigenvalue weighted by Gasteiger charge is -2.09. The van der Waals surface area contributed by atoms with Gasteiger partial charge in [-0.3, -0.25) is 0 Å². The van der Waals surface area contributed by atoms with E-state index in [1.165, 1.54) is 0 Å². The third-order valence-corrected chi connectivity index (χ3v) is 4.36. The number of nitrogen functional groups attached to an aromatic ring is 1. The van der Waals surface area contributed by atoms with Crippen LogP contribution in [0.1, 0.15) is 5.56 Å². The molecule has 6 heteroatoms. The number of rotatable bonds is 3. The molecule has 0 saturated carbocycles. The van der Waals surface area contributed by atoms with Gasteiger partial charge in [0.1, 0.15) is 11.4 Å². The Morgan fingerprint density at radius 3 is 2.76 bits per heavy atom. The zero-order valence-electron chi connectivity index (χ0n) is 11.5. The largest absolute Gasteiger partial charge is 0.496 e. The Labute approximate surface area is 131 Å². The Morgan fingerprint density at radius 2 is 2.10 bits per heavy atom. The number of benzene rings is 1. The van der Waals surface area contributed by atoms with Crippen molar-refractivity contribution in [2.45, 2.75) is 6.92 Å². The summed E-state index contributed by atoms with van der Waals surface area (Å²) in [7, 11) is 1.60. The molecule has 2 heterocycles. The van der Waals surface area contributed by atoms with E-state index in [4.69, 9.17) is 26.6 Å². The quantitative estimate of drug-likeness (QED) is 0.764. The van der Waals surface area contributed by atoms with Crippen molar-refractivity contribution in [3.63, 3.8) is 0 Å². The van der Waals surface area contributed by atoms with Crippen LogP contribution in [0.4, 0.5) is 5.88 Å². The monoisotopic (exact) mass is 320 g/mol. The number of hydrogen-bond donors (Lipinski definition) is 1. The summed E-state index contributed by atoms with van der Waals surface area (Å²) in [5, 5.41) is 8.78. The fourth-order valence-electron chi connectivity index (χ4n) is 2.23. The highest BCUT2D eigenvalue weighted by molar-refractivity contribution is 7.08. The lowest BCUT2D eigenvalue weighted by atomic mass is 10.00. The van der Waals surface area contributed by atoms with Gasteiger partial charge < -0.3 is 15.0 Å². The third kappa shape index (κ3) is 2.39. The molecule has 0 unspecified atom stereocenters. The molecule has 108 valence electrons. The SMILES string of the molecule is COc1ccc(Cl)cc1-c1c(-c2cscc2C)noc1N. The number of halogens is 1. The molecular weight excluding hydrogens is 308 g/mol. The van der Waals surface area contributed by atoms with E-state index in [2.05, 4.69) is 10.5 Å². The molecular formula is C15H13ClN2O2S. The number of thiophene rings is 1. The van der Waals surface area contributed by atoms with Gasteiger partial charge in [0.2, 0.25) is 5.88 Å². The number of methoxy groups -OCH3 is 1. The Balaban J connectivity index is 2.27. The van der Waals surface area contributed by atoms with Crippen LogP contribution in [-0.2, 0) is 0 Å². The van der Waals surface area contributed by atoms with Crippen molar-refractivity contribution in [1.29, 1.82) is 0 Å². The first-order valence-electron chi connectivity index (χ1n) is 6.24. The minimum absolute atomic E-state index is 0.246. The van der Waals surface area contributed by atoms with Crippen LogP contribution in [0.5, 0.6) is 5.75 Å². The van der Waals surface area contributed by atoms with Gasteiger partial charge in [-0.25, -0.2) is 0 Å². The summed E-state index contributed by atoms with van der Waals surface area (Å²) in [6.45, 7) is 2.02. The molecule has 0 fully saturated rings. The topological polar surface area (TPSA) is 61.3 Å². The van der Waals surface area contributed by atoms with Crippen LogP contribution >= 0.6 is 22.9 Å². The Morgan fingerprint density at radius 1 is 1.29 bits per heavy atom. The van der Waals surface area contributed by atoms with Crippen molar-refractivity contribution in [1.82, 2.24) is 5.16 Å². The molecule has 4 nitrogen and oxygen atoms in total. The summed E-state index contributed by atoms with van der Waals surface area (Å²) in [6, 6.07) is 5.37. The van der Waals surface area contributed by atoms with Crippen LogP contribution in [0.25, 0.3) is 22.4 Å². The van der Waals surface area contributed by atoms with E-state index in [0.29, 0.717) is 22.0 Å². The lowest BCUT2D eigenvalue weighted by Crippen LogP contribution is -1.92. The molecule has 0 spiro atoms. The summed E-state index contributed by atoms with van der Waals surface area (Å²) in [5.41, 5.74) is 10.3. The van der Waals surface area contributed by atoms with E-state index in [1.807, 2.05) is 12.3 Å². The smallest absolute Gasteiger partial charge is 0.230 e. The molecule has 0 atom stereocenters. The van der Waals surface area contributed by atoms with Crippen LogP contribution in [0.3, 0.4) is 0 Å². The number of ether oxygens (including phenoxy) is 1. The molecule has 3 rings (SSSR count). The van der Waals surface area contributed by atoms with Gasteiger partial charge in [-0.05, 0) is 36.1 Å². The molecule has 1 aromatic carbocycles. The second kappa shape index (κ2) is 5.42. The molecule has 3 aromatic rings. The van der Waals surface area contributed by atoms with Crippen molar-refractivity contribution < 1.29 is 9.26 Å². The minimum Gasteiger partial charge on any atom is -0.496 e. The molecule has 0 aliphatic heterocycles. The van der Waals surface area contributed by atoms with Gasteiger partial charge in [0.15, 0.2) is 0 Å². The second-order valence-electron chi connectivity index (χ2n) is 4.58. The first kappa shape index (κ1) is 14.0. The van der Waals surface area contributed by atoms with Crippen LogP contribution in [-0.4, -0.2) is 12.3 Å². The highest BCUT2D eigenvalue weighted by Gasteiger charge is 2.22. The first-order valence-corrected chi connectivity index (χ1v) is 7.56. The number of hydrogen-bond acceptors (Lipinski definition) is 5. The zero-order valence-corrected chi connectivity index (χ0v) is 13.1. The van der Waals surface area contributed by atoms with Gasteiger partial charge >= 0.3 is 0 Å². The Kier molecular flexibility index (Phi) is 3.61. The summed E-state index contributed by atoms with van der Waals surface area (Å²) < 4.78 is 10.6. The molecule has 0 radical (unpaired) electrons. The average Bonchev–Trinajstić information content (AvgIpc) is 3.04. The number of aryl methyl sites for hydroxylation is 1. The molecule has 2 N–H and O–H groups in total. The van der Waals surface area contributed by atoms with Gasteiger partial charge in [0.05, 0.1) is 12.7 Å². The minimum atomic E-state index is 0.246. The molecule has 0 bridgehead atoms. The predicted octanol–water partition coefficient (Wildman–Crippen LogP) is 4.62. The number of anilines is 1. The van der Waals surface area contributed by atoms with Crippen LogP contribution in [0.15, 0.2) is 33.5 Å². The average molecular weight is 321 g/mol. The van der Waals surface area contributed by atoms with Crippen molar-refractivity contribution in [2.75, 3.05) is 12.8 Å².